The number of nitrogens with one attached hydrogen (secondary N) is 2. The summed E-state index contributed by atoms with van der Waals surface area (Å²) in [5.74, 6) is -1.38. The molecule has 6 nitrogen and oxygen atoms in total. The highest BCUT2D eigenvalue weighted by atomic mass is 19.2. The molecule has 1 amide bonds. The van der Waals surface area contributed by atoms with Gasteiger partial charge in [0.15, 0.2) is 23.1 Å². The first-order chi connectivity index (χ1) is 14.4. The topological polar surface area (TPSA) is 85.6 Å². The van der Waals surface area contributed by atoms with E-state index in [0.717, 1.165) is 23.4 Å². The number of benzene rings is 3. The number of anilines is 3. The lowest BCUT2D eigenvalue weighted by atomic mass is 10.1. The summed E-state index contributed by atoms with van der Waals surface area (Å²) in [6.45, 7) is 0.521. The van der Waals surface area contributed by atoms with Gasteiger partial charge in [0.05, 0.1) is 25.6 Å². The highest BCUT2D eigenvalue weighted by molar-refractivity contribution is 6.05. The van der Waals surface area contributed by atoms with Gasteiger partial charge in [0.1, 0.15) is 0 Å². The molecule has 0 aliphatic heterocycles. The van der Waals surface area contributed by atoms with Crippen LogP contribution < -0.4 is 25.8 Å². The Labute approximate surface area is 172 Å². The van der Waals surface area contributed by atoms with Gasteiger partial charge in [0.25, 0.3) is 5.91 Å². The van der Waals surface area contributed by atoms with Crippen LogP contribution in [0, 0.1) is 11.6 Å². The van der Waals surface area contributed by atoms with E-state index in [4.69, 9.17) is 15.2 Å². The first-order valence-electron chi connectivity index (χ1n) is 9.02. The van der Waals surface area contributed by atoms with Gasteiger partial charge in [0.2, 0.25) is 0 Å². The van der Waals surface area contributed by atoms with Crippen molar-refractivity contribution in [1.29, 1.82) is 0 Å². The van der Waals surface area contributed by atoms with Crippen molar-refractivity contribution in [2.75, 3.05) is 30.6 Å². The highest BCUT2D eigenvalue weighted by Crippen LogP contribution is 2.30. The van der Waals surface area contributed by atoms with Gasteiger partial charge in [-0.2, -0.15) is 0 Å². The Bertz CT molecular complexity index is 1060. The molecular weight excluding hydrogens is 392 g/mol. The summed E-state index contributed by atoms with van der Waals surface area (Å²) in [6, 6.07) is 14.0. The summed E-state index contributed by atoms with van der Waals surface area (Å²) in [6.07, 6.45) is 0. The number of amides is 1. The first kappa shape index (κ1) is 20.9. The van der Waals surface area contributed by atoms with Crippen LogP contribution in [0.4, 0.5) is 25.8 Å². The predicted octanol–water partition coefficient (Wildman–Crippen LogP) is 4.43. The van der Waals surface area contributed by atoms with Crippen molar-refractivity contribution in [3.05, 3.63) is 77.4 Å². The van der Waals surface area contributed by atoms with Crippen molar-refractivity contribution in [1.82, 2.24) is 0 Å². The zero-order chi connectivity index (χ0) is 21.7. The molecule has 0 saturated carbocycles. The van der Waals surface area contributed by atoms with Crippen molar-refractivity contribution >= 4 is 23.0 Å². The predicted molar refractivity (Wildman–Crippen MR) is 112 cm³/mol. The molecule has 0 unspecified atom stereocenters. The lowest BCUT2D eigenvalue weighted by molar-refractivity contribution is 0.102. The molecule has 4 N–H and O–H groups in total. The second-order valence-electron chi connectivity index (χ2n) is 6.43. The number of halogens is 2. The molecule has 8 heteroatoms. The third-order valence-electron chi connectivity index (χ3n) is 4.44. The minimum atomic E-state index is -1.09. The van der Waals surface area contributed by atoms with E-state index in [2.05, 4.69) is 10.6 Å². The third kappa shape index (κ3) is 4.78. The number of hydrogen-bond donors (Lipinski definition) is 3. The van der Waals surface area contributed by atoms with Crippen LogP contribution in [-0.4, -0.2) is 20.1 Å². The van der Waals surface area contributed by atoms with E-state index in [9.17, 15) is 13.6 Å². The molecule has 0 radical (unpaired) electrons. The summed E-state index contributed by atoms with van der Waals surface area (Å²) in [5, 5.41) is 5.75. The monoisotopic (exact) mass is 413 g/mol. The lowest BCUT2D eigenvalue weighted by Gasteiger charge is -2.12. The van der Waals surface area contributed by atoms with Gasteiger partial charge in [-0.3, -0.25) is 4.79 Å². The number of rotatable bonds is 7. The molecule has 0 aliphatic carbocycles. The summed E-state index contributed by atoms with van der Waals surface area (Å²) in [5.41, 5.74) is 7.73. The maximum absolute atomic E-state index is 13.4. The van der Waals surface area contributed by atoms with Crippen molar-refractivity contribution in [3.8, 4) is 11.5 Å². The van der Waals surface area contributed by atoms with Crippen LogP contribution in [0.1, 0.15) is 15.9 Å². The number of carbonyl (C=O) groups is 1. The van der Waals surface area contributed by atoms with E-state index in [1.807, 2.05) is 12.1 Å². The average molecular weight is 413 g/mol. The maximum atomic E-state index is 13.4. The zero-order valence-electron chi connectivity index (χ0n) is 16.5. The minimum Gasteiger partial charge on any atom is -0.493 e. The molecule has 0 atom stereocenters. The van der Waals surface area contributed by atoms with E-state index in [1.165, 1.54) is 0 Å². The Balaban J connectivity index is 1.63. The lowest BCUT2D eigenvalue weighted by Crippen LogP contribution is -2.14. The van der Waals surface area contributed by atoms with Gasteiger partial charge in [-0.15, -0.1) is 0 Å². The quantitative estimate of drug-likeness (QED) is 0.499. The van der Waals surface area contributed by atoms with Crippen LogP contribution in [0.5, 0.6) is 11.5 Å². The fourth-order valence-electron chi connectivity index (χ4n) is 2.79. The van der Waals surface area contributed by atoms with Crippen LogP contribution in [0.2, 0.25) is 0 Å². The number of hydrogen-bond acceptors (Lipinski definition) is 5. The molecule has 3 aromatic rings. The summed E-state index contributed by atoms with van der Waals surface area (Å²) < 4.78 is 37.0. The van der Waals surface area contributed by atoms with Crippen LogP contribution >= 0.6 is 0 Å². The van der Waals surface area contributed by atoms with E-state index in [1.54, 1.807) is 44.6 Å². The zero-order valence-corrected chi connectivity index (χ0v) is 16.5. The Kier molecular flexibility index (Phi) is 6.36. The number of nitrogens with two attached hydrogens (primary N) is 1. The van der Waals surface area contributed by atoms with Gasteiger partial charge < -0.3 is 25.8 Å². The third-order valence-corrected chi connectivity index (χ3v) is 4.44. The molecular formula is C22H21F2N3O3. The van der Waals surface area contributed by atoms with Crippen LogP contribution in [0.25, 0.3) is 0 Å². The van der Waals surface area contributed by atoms with E-state index >= 15 is 0 Å². The number of methoxy groups -OCH3 is 2. The number of nitrogen functional groups attached to an aromatic ring is 1. The fourth-order valence-corrected chi connectivity index (χ4v) is 2.79. The summed E-state index contributed by atoms with van der Waals surface area (Å²) in [4.78, 5) is 12.4. The Hall–Kier alpha value is -3.81. The minimum absolute atomic E-state index is 0.0121. The van der Waals surface area contributed by atoms with E-state index in [-0.39, 0.29) is 11.4 Å². The first-order valence-corrected chi connectivity index (χ1v) is 9.02. The highest BCUT2D eigenvalue weighted by Gasteiger charge is 2.12. The van der Waals surface area contributed by atoms with E-state index < -0.39 is 17.5 Å². The SMILES string of the molecule is COc1ccc(NCc2ccc(C(=O)Nc3cc(F)c(F)cc3N)cc2)cc1OC. The normalized spacial score (nSPS) is 10.4. The van der Waals surface area contributed by atoms with Gasteiger partial charge in [-0.05, 0) is 29.8 Å². The van der Waals surface area contributed by atoms with Crippen molar-refractivity contribution in [3.63, 3.8) is 0 Å². The Morgan fingerprint density at radius 2 is 1.60 bits per heavy atom. The summed E-state index contributed by atoms with van der Waals surface area (Å²) >= 11 is 0. The molecule has 0 heterocycles. The van der Waals surface area contributed by atoms with Crippen LogP contribution in [-0.2, 0) is 6.54 Å². The van der Waals surface area contributed by atoms with Crippen molar-refractivity contribution in [2.45, 2.75) is 6.54 Å². The molecule has 0 spiro atoms. The number of carbonyl (C=O) groups excluding carboxylic acids is 1. The smallest absolute Gasteiger partial charge is 0.255 e. The van der Waals surface area contributed by atoms with Gasteiger partial charge in [-0.1, -0.05) is 12.1 Å². The summed E-state index contributed by atoms with van der Waals surface area (Å²) in [7, 11) is 3.14. The van der Waals surface area contributed by atoms with E-state index in [0.29, 0.717) is 23.6 Å². The van der Waals surface area contributed by atoms with Gasteiger partial charge in [0, 0.05) is 36.0 Å². The Morgan fingerprint density at radius 1 is 0.933 bits per heavy atom. The van der Waals surface area contributed by atoms with Crippen molar-refractivity contribution < 1.29 is 23.0 Å². The number of ether oxygens (including phenoxy) is 2. The molecule has 3 rings (SSSR count). The second-order valence-corrected chi connectivity index (χ2v) is 6.43. The van der Waals surface area contributed by atoms with Crippen LogP contribution in [0.3, 0.4) is 0 Å². The fraction of sp³-hybridized carbons (Fsp3) is 0.136. The largest absolute Gasteiger partial charge is 0.493 e. The van der Waals surface area contributed by atoms with Gasteiger partial charge in [-0.25, -0.2) is 8.78 Å². The molecule has 0 saturated heterocycles. The molecule has 30 heavy (non-hydrogen) atoms. The molecule has 0 aromatic heterocycles. The molecule has 156 valence electrons. The average Bonchev–Trinajstić information content (AvgIpc) is 2.76. The standard InChI is InChI=1S/C22H21F2N3O3/c1-29-20-8-7-15(9-21(20)30-2)26-12-13-3-5-14(6-4-13)22(28)27-19-11-17(24)16(23)10-18(19)25/h3-11,26H,12,25H2,1-2H3,(H,27,28). The van der Waals surface area contributed by atoms with Crippen molar-refractivity contribution in [2.24, 2.45) is 0 Å². The molecule has 0 bridgehead atoms. The molecule has 0 aliphatic rings. The molecule has 3 aromatic carbocycles. The van der Waals surface area contributed by atoms with Crippen LogP contribution in [0.15, 0.2) is 54.6 Å². The van der Waals surface area contributed by atoms with Gasteiger partial charge >= 0.3 is 0 Å². The Morgan fingerprint density at radius 3 is 2.27 bits per heavy atom. The second kappa shape index (κ2) is 9.13. The molecule has 0 fully saturated rings. The maximum Gasteiger partial charge on any atom is 0.255 e.